The van der Waals surface area contributed by atoms with Crippen LogP contribution < -0.4 is 14.9 Å². The fourth-order valence-corrected chi connectivity index (χ4v) is 5.48. The fraction of sp³-hybridized carbons (Fsp3) is 0.182. The van der Waals surface area contributed by atoms with Crippen molar-refractivity contribution in [2.45, 2.75) is 4.21 Å². The molecule has 0 aliphatic heterocycles. The standard InChI is InChI=1S/C22H22FN3O5S2/c1-31-13-12-24-22(28)16-7-2-4-9-18(16)25-20(27)15-26(19-10-5-3-8-17(19)23)33(29,30)21-11-6-14-32-21/h2-11,14H,12-13,15H2,1H3,(H,24,28)(H,25,27). The molecule has 33 heavy (non-hydrogen) atoms. The first-order chi connectivity index (χ1) is 15.8. The molecule has 0 atom stereocenters. The quantitative estimate of drug-likeness (QED) is 0.424. The molecule has 2 N–H and O–H groups in total. The maximum absolute atomic E-state index is 14.5. The lowest BCUT2D eigenvalue weighted by atomic mass is 10.1. The average Bonchev–Trinajstić information content (AvgIpc) is 3.34. The van der Waals surface area contributed by atoms with Gasteiger partial charge in [0.05, 0.1) is 23.5 Å². The molecule has 2 aromatic carbocycles. The van der Waals surface area contributed by atoms with E-state index in [1.807, 2.05) is 0 Å². The summed E-state index contributed by atoms with van der Waals surface area (Å²) >= 11 is 0.959. The average molecular weight is 492 g/mol. The lowest BCUT2D eigenvalue weighted by Crippen LogP contribution is -2.38. The topological polar surface area (TPSA) is 105 Å². The second-order valence-corrected chi connectivity index (χ2v) is 9.77. The molecule has 8 nitrogen and oxygen atoms in total. The molecule has 0 saturated heterocycles. The predicted molar refractivity (Wildman–Crippen MR) is 125 cm³/mol. The van der Waals surface area contributed by atoms with Crippen molar-refractivity contribution in [1.82, 2.24) is 5.32 Å². The van der Waals surface area contributed by atoms with Gasteiger partial charge in [0.25, 0.3) is 15.9 Å². The van der Waals surface area contributed by atoms with Crippen molar-refractivity contribution in [2.75, 3.05) is 36.4 Å². The lowest BCUT2D eigenvalue weighted by Gasteiger charge is -2.24. The molecule has 0 saturated carbocycles. The van der Waals surface area contributed by atoms with Gasteiger partial charge in [-0.3, -0.25) is 13.9 Å². The van der Waals surface area contributed by atoms with Gasteiger partial charge < -0.3 is 15.4 Å². The van der Waals surface area contributed by atoms with Gasteiger partial charge in [0, 0.05) is 13.7 Å². The molecule has 2 amide bonds. The number of nitrogens with zero attached hydrogens (tertiary/aromatic N) is 1. The van der Waals surface area contributed by atoms with Crippen LogP contribution in [0.25, 0.3) is 0 Å². The third-order valence-electron chi connectivity index (χ3n) is 4.49. The molecule has 1 aromatic heterocycles. The van der Waals surface area contributed by atoms with E-state index in [2.05, 4.69) is 10.6 Å². The highest BCUT2D eigenvalue weighted by Crippen LogP contribution is 2.28. The molecule has 0 radical (unpaired) electrons. The minimum Gasteiger partial charge on any atom is -0.383 e. The number of thiophene rings is 1. The van der Waals surface area contributed by atoms with Gasteiger partial charge in [-0.25, -0.2) is 12.8 Å². The fourth-order valence-electron chi connectivity index (χ4n) is 2.94. The van der Waals surface area contributed by atoms with Crippen LogP contribution in [0.15, 0.2) is 70.3 Å². The zero-order chi connectivity index (χ0) is 23.8. The van der Waals surface area contributed by atoms with Crippen LogP contribution in [0.5, 0.6) is 0 Å². The van der Waals surface area contributed by atoms with Gasteiger partial charge in [-0.1, -0.05) is 30.3 Å². The van der Waals surface area contributed by atoms with Crippen LogP contribution >= 0.6 is 11.3 Å². The Morgan fingerprint density at radius 1 is 1.06 bits per heavy atom. The Balaban J connectivity index is 1.86. The molecule has 0 spiro atoms. The largest absolute Gasteiger partial charge is 0.383 e. The number of hydrogen-bond acceptors (Lipinski definition) is 6. The number of halogens is 1. The molecular weight excluding hydrogens is 469 g/mol. The van der Waals surface area contributed by atoms with Crippen molar-refractivity contribution in [1.29, 1.82) is 0 Å². The van der Waals surface area contributed by atoms with E-state index in [1.165, 1.54) is 43.5 Å². The first kappa shape index (κ1) is 24.4. The summed E-state index contributed by atoms with van der Waals surface area (Å²) in [6.07, 6.45) is 0. The van der Waals surface area contributed by atoms with Crippen LogP contribution in [0.3, 0.4) is 0 Å². The van der Waals surface area contributed by atoms with Crippen LogP contribution in [0.1, 0.15) is 10.4 Å². The van der Waals surface area contributed by atoms with Gasteiger partial charge in [-0.05, 0) is 35.7 Å². The van der Waals surface area contributed by atoms with Crippen LogP contribution in [0.2, 0.25) is 0 Å². The first-order valence-corrected chi connectivity index (χ1v) is 12.1. The number of ether oxygens (including phenoxy) is 1. The van der Waals surface area contributed by atoms with E-state index in [1.54, 1.807) is 23.6 Å². The molecule has 0 bridgehead atoms. The van der Waals surface area contributed by atoms with E-state index >= 15 is 0 Å². The minimum absolute atomic E-state index is 0.0310. The van der Waals surface area contributed by atoms with E-state index in [0.717, 1.165) is 17.4 Å². The molecule has 3 aromatic rings. The third-order valence-corrected chi connectivity index (χ3v) is 7.62. The van der Waals surface area contributed by atoms with Crippen molar-refractivity contribution in [3.8, 4) is 0 Å². The summed E-state index contributed by atoms with van der Waals surface area (Å²) in [5.41, 5.74) is 0.131. The van der Waals surface area contributed by atoms with Crippen molar-refractivity contribution in [3.63, 3.8) is 0 Å². The highest BCUT2D eigenvalue weighted by molar-refractivity contribution is 7.94. The van der Waals surface area contributed by atoms with Crippen LogP contribution in [-0.2, 0) is 19.6 Å². The van der Waals surface area contributed by atoms with Gasteiger partial charge in [-0.2, -0.15) is 0 Å². The van der Waals surface area contributed by atoms with Crippen LogP contribution in [0, 0.1) is 5.82 Å². The van der Waals surface area contributed by atoms with Gasteiger partial charge in [-0.15, -0.1) is 11.3 Å². The second-order valence-electron chi connectivity index (χ2n) is 6.74. The third kappa shape index (κ3) is 5.95. The molecule has 0 aliphatic rings. The molecule has 3 rings (SSSR count). The summed E-state index contributed by atoms with van der Waals surface area (Å²) in [6.45, 7) is -0.100. The van der Waals surface area contributed by atoms with E-state index in [9.17, 15) is 22.4 Å². The summed E-state index contributed by atoms with van der Waals surface area (Å²) in [4.78, 5) is 25.3. The van der Waals surface area contributed by atoms with Crippen LogP contribution in [0.4, 0.5) is 15.8 Å². The Morgan fingerprint density at radius 3 is 2.48 bits per heavy atom. The number of hydrogen-bond donors (Lipinski definition) is 2. The Bertz CT molecular complexity index is 1220. The Kier molecular flexibility index (Phi) is 8.15. The van der Waals surface area contributed by atoms with Crippen molar-refractivity contribution in [2.24, 2.45) is 0 Å². The number of amides is 2. The SMILES string of the molecule is COCCNC(=O)c1ccccc1NC(=O)CN(c1ccccc1F)S(=O)(=O)c1cccs1. The molecule has 0 fully saturated rings. The van der Waals surface area contributed by atoms with E-state index in [4.69, 9.17) is 4.74 Å². The number of para-hydroxylation sites is 2. The molecule has 174 valence electrons. The number of methoxy groups -OCH3 is 1. The van der Waals surface area contributed by atoms with E-state index in [-0.39, 0.29) is 27.7 Å². The summed E-state index contributed by atoms with van der Waals surface area (Å²) in [6, 6.07) is 14.5. The molecule has 1 heterocycles. The summed E-state index contributed by atoms with van der Waals surface area (Å²) in [5, 5.41) is 6.80. The van der Waals surface area contributed by atoms with E-state index in [0.29, 0.717) is 10.9 Å². The second kappa shape index (κ2) is 11.0. The summed E-state index contributed by atoms with van der Waals surface area (Å²) in [7, 11) is -2.70. The minimum atomic E-state index is -4.20. The number of nitrogens with one attached hydrogen (secondary N) is 2. The first-order valence-electron chi connectivity index (χ1n) is 9.81. The van der Waals surface area contributed by atoms with Gasteiger partial charge in [0.1, 0.15) is 16.6 Å². The maximum atomic E-state index is 14.5. The Morgan fingerprint density at radius 2 is 1.79 bits per heavy atom. The van der Waals surface area contributed by atoms with Crippen molar-refractivity contribution in [3.05, 3.63) is 77.4 Å². The monoisotopic (exact) mass is 491 g/mol. The number of sulfonamides is 1. The summed E-state index contributed by atoms with van der Waals surface area (Å²) < 4.78 is 46.4. The smallest absolute Gasteiger partial charge is 0.274 e. The maximum Gasteiger partial charge on any atom is 0.274 e. The highest BCUT2D eigenvalue weighted by Gasteiger charge is 2.30. The number of carbonyl (C=O) groups excluding carboxylic acids is 2. The normalized spacial score (nSPS) is 11.1. The molecule has 11 heteroatoms. The Hall–Kier alpha value is -3.28. The van der Waals surface area contributed by atoms with Crippen molar-refractivity contribution >= 4 is 44.5 Å². The lowest BCUT2D eigenvalue weighted by molar-refractivity contribution is -0.114. The zero-order valence-corrected chi connectivity index (χ0v) is 19.3. The number of rotatable bonds is 10. The highest BCUT2D eigenvalue weighted by atomic mass is 32.2. The van der Waals surface area contributed by atoms with Gasteiger partial charge in [0.15, 0.2) is 0 Å². The van der Waals surface area contributed by atoms with Gasteiger partial charge >= 0.3 is 0 Å². The molecule has 0 unspecified atom stereocenters. The van der Waals surface area contributed by atoms with Crippen molar-refractivity contribution < 1.29 is 27.1 Å². The summed E-state index contributed by atoms with van der Waals surface area (Å²) in [5.74, 6) is -1.96. The molecule has 0 aliphatic carbocycles. The number of anilines is 2. The van der Waals surface area contributed by atoms with Gasteiger partial charge in [0.2, 0.25) is 5.91 Å². The van der Waals surface area contributed by atoms with E-state index < -0.39 is 34.2 Å². The van der Waals surface area contributed by atoms with Crippen LogP contribution in [-0.4, -0.2) is 47.0 Å². The predicted octanol–water partition coefficient (Wildman–Crippen LogP) is 3.10. The molecular formula is C22H22FN3O5S2. The number of benzene rings is 2. The number of carbonyl (C=O) groups is 2. The Labute approximate surface area is 195 Å². The zero-order valence-electron chi connectivity index (χ0n) is 17.7.